The molecule has 0 aliphatic rings. The Morgan fingerprint density at radius 3 is 2.50 bits per heavy atom. The first kappa shape index (κ1) is 16.9. The van der Waals surface area contributed by atoms with Gasteiger partial charge in [-0.1, -0.05) is 6.08 Å². The fraction of sp³-hybridized carbons (Fsp3) is 0.750. The van der Waals surface area contributed by atoms with Gasteiger partial charge in [0.25, 0.3) is 0 Å². The molecule has 0 aromatic heterocycles. The van der Waals surface area contributed by atoms with Gasteiger partial charge >= 0.3 is 6.09 Å². The molecule has 0 rings (SSSR count). The standard InChI is InChI=1S/C12H23NO5/c1-6-10(17-8-16-5)9(7-14)13-11(15)18-12(2,3)4/h6,9-10,14H,1,7-8H2,2-5H3,(H,13,15)/t9-,10-/m0/s1. The molecule has 0 aliphatic heterocycles. The van der Waals surface area contributed by atoms with Crippen LogP contribution in [0.5, 0.6) is 0 Å². The van der Waals surface area contributed by atoms with Crippen molar-refractivity contribution < 1.29 is 24.1 Å². The molecule has 18 heavy (non-hydrogen) atoms. The summed E-state index contributed by atoms with van der Waals surface area (Å²) in [7, 11) is 1.48. The minimum Gasteiger partial charge on any atom is -0.444 e. The molecule has 6 heteroatoms. The Bertz CT molecular complexity index is 262. The Labute approximate surface area is 108 Å². The van der Waals surface area contributed by atoms with Crippen molar-refractivity contribution >= 4 is 6.09 Å². The molecule has 0 aromatic rings. The Morgan fingerprint density at radius 2 is 2.11 bits per heavy atom. The first-order valence-corrected chi connectivity index (χ1v) is 5.67. The molecule has 2 N–H and O–H groups in total. The van der Waals surface area contributed by atoms with Crippen LogP contribution in [-0.2, 0) is 14.2 Å². The summed E-state index contributed by atoms with van der Waals surface area (Å²) >= 11 is 0. The van der Waals surface area contributed by atoms with Gasteiger partial charge in [-0.05, 0) is 20.8 Å². The third kappa shape index (κ3) is 7.26. The number of hydrogen-bond acceptors (Lipinski definition) is 5. The molecule has 0 saturated carbocycles. The van der Waals surface area contributed by atoms with Crippen LogP contribution in [0, 0.1) is 0 Å². The van der Waals surface area contributed by atoms with Gasteiger partial charge in [-0.25, -0.2) is 4.79 Å². The number of carbonyl (C=O) groups excluding carboxylic acids is 1. The van der Waals surface area contributed by atoms with Gasteiger partial charge in [0.05, 0.1) is 12.6 Å². The highest BCUT2D eigenvalue weighted by molar-refractivity contribution is 5.68. The maximum atomic E-state index is 11.6. The summed E-state index contributed by atoms with van der Waals surface area (Å²) < 4.78 is 15.1. The third-order valence-corrected chi connectivity index (χ3v) is 1.91. The van der Waals surface area contributed by atoms with Crippen molar-refractivity contribution in [3.63, 3.8) is 0 Å². The molecule has 0 fully saturated rings. The van der Waals surface area contributed by atoms with Crippen LogP contribution in [0.15, 0.2) is 12.7 Å². The Kier molecular flexibility index (Phi) is 7.58. The number of amides is 1. The molecule has 1 amide bonds. The number of aliphatic hydroxyl groups excluding tert-OH is 1. The predicted octanol–water partition coefficient (Wildman–Crippen LogP) is 1.05. The topological polar surface area (TPSA) is 77.0 Å². The van der Waals surface area contributed by atoms with E-state index < -0.39 is 23.8 Å². The van der Waals surface area contributed by atoms with Crippen LogP contribution in [0.3, 0.4) is 0 Å². The highest BCUT2D eigenvalue weighted by Crippen LogP contribution is 2.08. The number of alkyl carbamates (subject to hydrolysis) is 1. The highest BCUT2D eigenvalue weighted by atomic mass is 16.7. The molecule has 0 radical (unpaired) electrons. The largest absolute Gasteiger partial charge is 0.444 e. The molecular weight excluding hydrogens is 238 g/mol. The monoisotopic (exact) mass is 261 g/mol. The van der Waals surface area contributed by atoms with E-state index in [4.69, 9.17) is 14.2 Å². The quantitative estimate of drug-likeness (QED) is 0.529. The van der Waals surface area contributed by atoms with Crippen LogP contribution < -0.4 is 5.32 Å². The molecule has 2 atom stereocenters. The molecular formula is C12H23NO5. The normalized spacial score (nSPS) is 14.7. The van der Waals surface area contributed by atoms with E-state index in [-0.39, 0.29) is 13.4 Å². The van der Waals surface area contributed by atoms with Gasteiger partial charge in [0, 0.05) is 7.11 Å². The molecule has 0 spiro atoms. The first-order valence-electron chi connectivity index (χ1n) is 5.67. The van der Waals surface area contributed by atoms with Crippen LogP contribution in [-0.4, -0.2) is 49.5 Å². The van der Waals surface area contributed by atoms with Gasteiger partial charge in [-0.3, -0.25) is 0 Å². The van der Waals surface area contributed by atoms with E-state index in [1.807, 2.05) is 0 Å². The number of rotatable bonds is 7. The number of methoxy groups -OCH3 is 1. The molecule has 0 heterocycles. The van der Waals surface area contributed by atoms with E-state index in [1.54, 1.807) is 20.8 Å². The summed E-state index contributed by atoms with van der Waals surface area (Å²) in [6.07, 6.45) is 0.314. The van der Waals surface area contributed by atoms with Crippen LogP contribution in [0.1, 0.15) is 20.8 Å². The van der Waals surface area contributed by atoms with Crippen molar-refractivity contribution in [2.45, 2.75) is 38.5 Å². The summed E-state index contributed by atoms with van der Waals surface area (Å²) in [4.78, 5) is 11.6. The second-order valence-electron chi connectivity index (χ2n) is 4.71. The van der Waals surface area contributed by atoms with Crippen molar-refractivity contribution in [2.24, 2.45) is 0 Å². The fourth-order valence-electron chi connectivity index (χ4n) is 1.19. The van der Waals surface area contributed by atoms with E-state index in [0.717, 1.165) is 0 Å². The summed E-state index contributed by atoms with van der Waals surface area (Å²) in [5.41, 5.74) is -0.596. The van der Waals surface area contributed by atoms with Crippen molar-refractivity contribution in [3.8, 4) is 0 Å². The number of nitrogens with one attached hydrogen (secondary N) is 1. The zero-order valence-electron chi connectivity index (χ0n) is 11.4. The lowest BCUT2D eigenvalue weighted by Gasteiger charge is -2.26. The fourth-order valence-corrected chi connectivity index (χ4v) is 1.19. The molecule has 0 unspecified atom stereocenters. The van der Waals surface area contributed by atoms with E-state index in [9.17, 15) is 9.90 Å². The molecule has 106 valence electrons. The van der Waals surface area contributed by atoms with E-state index in [0.29, 0.717) is 0 Å². The van der Waals surface area contributed by atoms with Gasteiger partial charge in [0.2, 0.25) is 0 Å². The summed E-state index contributed by atoms with van der Waals surface area (Å²) in [5, 5.41) is 11.8. The zero-order chi connectivity index (χ0) is 14.2. The van der Waals surface area contributed by atoms with E-state index in [2.05, 4.69) is 11.9 Å². The van der Waals surface area contributed by atoms with Gasteiger partial charge in [0.1, 0.15) is 18.5 Å². The molecule has 6 nitrogen and oxygen atoms in total. The number of aliphatic hydroxyl groups is 1. The minimum atomic E-state index is -0.632. The lowest BCUT2D eigenvalue weighted by atomic mass is 10.1. The maximum Gasteiger partial charge on any atom is 0.408 e. The Morgan fingerprint density at radius 1 is 1.50 bits per heavy atom. The molecule has 0 bridgehead atoms. The Balaban J connectivity index is 4.38. The molecule has 0 aliphatic carbocycles. The minimum absolute atomic E-state index is 0.0448. The lowest BCUT2D eigenvalue weighted by molar-refractivity contribution is -0.0711. The van der Waals surface area contributed by atoms with Gasteiger partial charge in [-0.2, -0.15) is 0 Å². The zero-order valence-corrected chi connectivity index (χ0v) is 11.4. The number of carbonyl (C=O) groups is 1. The van der Waals surface area contributed by atoms with E-state index >= 15 is 0 Å². The summed E-state index contributed by atoms with van der Waals surface area (Å²) in [6, 6.07) is -0.632. The maximum absolute atomic E-state index is 11.6. The SMILES string of the molecule is C=C[C@H](OCOC)[C@H](CO)NC(=O)OC(C)(C)C. The van der Waals surface area contributed by atoms with Crippen molar-refractivity contribution in [3.05, 3.63) is 12.7 Å². The first-order chi connectivity index (χ1) is 8.34. The summed E-state index contributed by atoms with van der Waals surface area (Å²) in [5.74, 6) is 0. The average Bonchev–Trinajstić information content (AvgIpc) is 2.25. The smallest absolute Gasteiger partial charge is 0.408 e. The second kappa shape index (κ2) is 8.07. The van der Waals surface area contributed by atoms with Crippen LogP contribution >= 0.6 is 0 Å². The van der Waals surface area contributed by atoms with Crippen LogP contribution in [0.2, 0.25) is 0 Å². The lowest BCUT2D eigenvalue weighted by Crippen LogP contribution is -2.48. The average molecular weight is 261 g/mol. The predicted molar refractivity (Wildman–Crippen MR) is 67.2 cm³/mol. The third-order valence-electron chi connectivity index (χ3n) is 1.91. The van der Waals surface area contributed by atoms with Gasteiger partial charge in [0.15, 0.2) is 0 Å². The molecule has 0 aromatic carbocycles. The number of hydrogen-bond donors (Lipinski definition) is 2. The Hall–Kier alpha value is -1.11. The number of ether oxygens (including phenoxy) is 3. The van der Waals surface area contributed by atoms with Crippen molar-refractivity contribution in [1.82, 2.24) is 5.32 Å². The van der Waals surface area contributed by atoms with Crippen molar-refractivity contribution in [1.29, 1.82) is 0 Å². The van der Waals surface area contributed by atoms with Crippen LogP contribution in [0.25, 0.3) is 0 Å². The highest BCUT2D eigenvalue weighted by Gasteiger charge is 2.24. The second-order valence-corrected chi connectivity index (χ2v) is 4.71. The van der Waals surface area contributed by atoms with E-state index in [1.165, 1.54) is 13.2 Å². The van der Waals surface area contributed by atoms with Crippen LogP contribution in [0.4, 0.5) is 4.79 Å². The molecule has 0 saturated heterocycles. The van der Waals surface area contributed by atoms with Gasteiger partial charge < -0.3 is 24.6 Å². The van der Waals surface area contributed by atoms with Gasteiger partial charge in [-0.15, -0.1) is 6.58 Å². The van der Waals surface area contributed by atoms with Crippen molar-refractivity contribution in [2.75, 3.05) is 20.5 Å². The summed E-state index contributed by atoms with van der Waals surface area (Å²) in [6.45, 7) is 8.60.